The Bertz CT molecular complexity index is 259. The van der Waals surface area contributed by atoms with Crippen molar-refractivity contribution >= 4 is 16.1 Å². The number of carbonyl (C=O) groups excluding carboxylic acids is 1. The highest BCUT2D eigenvalue weighted by atomic mass is 32.2. The van der Waals surface area contributed by atoms with E-state index in [-0.39, 0.29) is 11.9 Å². The molecule has 0 heterocycles. The second kappa shape index (κ2) is 6.56. The number of halogens is 3. The van der Waals surface area contributed by atoms with Crippen LogP contribution in [-0.2, 0) is 14.9 Å². The molecule has 0 aliphatic heterocycles. The van der Waals surface area contributed by atoms with E-state index in [4.69, 9.17) is 14.5 Å². The molecule has 0 bridgehead atoms. The van der Waals surface area contributed by atoms with E-state index in [1.165, 1.54) is 6.92 Å². The van der Waals surface area contributed by atoms with E-state index in [0.717, 1.165) is 0 Å². The van der Waals surface area contributed by atoms with Gasteiger partial charge in [-0.2, -0.15) is 21.6 Å². The minimum atomic E-state index is -5.19. The number of carboxylic acid groups (broad SMARTS) is 1. The van der Waals surface area contributed by atoms with E-state index in [1.807, 2.05) is 0 Å². The summed E-state index contributed by atoms with van der Waals surface area (Å²) in [7, 11) is -3.66. The van der Waals surface area contributed by atoms with E-state index in [9.17, 15) is 21.6 Å². The molecule has 0 unspecified atom stereocenters. The Balaban J connectivity index is -0.000000163. The fourth-order valence-corrected chi connectivity index (χ4v) is 0. The molecule has 6 nitrogen and oxygen atoms in total. The summed E-state index contributed by atoms with van der Waals surface area (Å²) >= 11 is 0. The second-order valence-electron chi connectivity index (χ2n) is 1.66. The smallest absolute Gasteiger partial charge is 0.430 e. The van der Waals surface area contributed by atoms with Crippen LogP contribution in [0.25, 0.3) is 0 Å². The van der Waals surface area contributed by atoms with Gasteiger partial charge in [-0.1, -0.05) is 0 Å². The molecule has 14 heavy (non-hydrogen) atoms. The Kier molecular flexibility index (Phi) is 8.83. The standard InChI is InChI=1S/C2HF3O2.C2H6O3S.H3N/c3-2(4,5)1(6)7;1-2-6(3,4)5;/h(H,6,7);2H2,1H3,(H,3,4,5);1H3. The molecular formula is C4H10F3NO5S. The molecule has 0 aromatic heterocycles. The summed E-state index contributed by atoms with van der Waals surface area (Å²) in [5.41, 5.74) is 0. The molecule has 0 rings (SSSR count). The van der Waals surface area contributed by atoms with Gasteiger partial charge in [-0.25, -0.2) is 0 Å². The summed E-state index contributed by atoms with van der Waals surface area (Å²) in [5, 5.41) is 8.78. The number of rotatable bonds is 1. The van der Waals surface area contributed by atoms with Gasteiger partial charge in [0.1, 0.15) is 5.97 Å². The first-order valence-corrected chi connectivity index (χ1v) is 4.35. The monoisotopic (exact) mass is 241 g/mol. The number of alkyl halides is 3. The molecule has 0 saturated heterocycles. The molecule has 0 radical (unpaired) electrons. The highest BCUT2D eigenvalue weighted by Crippen LogP contribution is 2.11. The minimum absolute atomic E-state index is 0. The zero-order valence-corrected chi connectivity index (χ0v) is 8.15. The molecule has 88 valence electrons. The topological polar surface area (TPSA) is 131 Å². The summed E-state index contributed by atoms with van der Waals surface area (Å²) in [6.45, 7) is 1.37. The third-order valence-electron chi connectivity index (χ3n) is 0.596. The van der Waals surface area contributed by atoms with Gasteiger partial charge < -0.3 is 16.1 Å². The van der Waals surface area contributed by atoms with Crippen molar-refractivity contribution < 1.29 is 36.0 Å². The second-order valence-corrected chi connectivity index (χ2v) is 3.40. The number of hydrogen-bond donors (Lipinski definition) is 2. The van der Waals surface area contributed by atoms with Crippen molar-refractivity contribution in [2.45, 2.75) is 13.1 Å². The molecule has 10 heteroatoms. The number of quaternary nitrogens is 1. The summed E-state index contributed by atoms with van der Waals surface area (Å²) < 4.78 is 58.5. The predicted molar refractivity (Wildman–Crippen MR) is 39.1 cm³/mol. The number of carboxylic acids is 1. The van der Waals surface area contributed by atoms with Crippen LogP contribution < -0.4 is 11.3 Å². The van der Waals surface area contributed by atoms with E-state index in [0.29, 0.717) is 0 Å². The van der Waals surface area contributed by atoms with E-state index in [1.54, 1.807) is 0 Å². The van der Waals surface area contributed by atoms with Gasteiger partial charge in [-0.15, -0.1) is 0 Å². The first-order valence-electron chi connectivity index (χ1n) is 2.74. The van der Waals surface area contributed by atoms with Crippen LogP contribution in [0.3, 0.4) is 0 Å². The van der Waals surface area contributed by atoms with Crippen LogP contribution in [0.1, 0.15) is 6.92 Å². The van der Waals surface area contributed by atoms with Crippen molar-refractivity contribution in [2.24, 2.45) is 0 Å². The molecule has 0 fully saturated rings. The highest BCUT2D eigenvalue weighted by molar-refractivity contribution is 7.85. The first-order chi connectivity index (χ1) is 5.50. The van der Waals surface area contributed by atoms with Gasteiger partial charge in [-0.05, 0) is 6.92 Å². The summed E-state index contributed by atoms with van der Waals surface area (Å²) in [6.07, 6.45) is -5.19. The van der Waals surface area contributed by atoms with Gasteiger partial charge in [-0.3, -0.25) is 4.55 Å². The lowest BCUT2D eigenvalue weighted by molar-refractivity contribution is -0.344. The average molecular weight is 241 g/mol. The summed E-state index contributed by atoms with van der Waals surface area (Å²) in [5.74, 6) is -3.21. The van der Waals surface area contributed by atoms with Gasteiger partial charge in [0.05, 0.1) is 5.75 Å². The van der Waals surface area contributed by atoms with Crippen LogP contribution in [0.2, 0.25) is 0 Å². The Morgan fingerprint density at radius 3 is 1.57 bits per heavy atom. The number of hydrogen-bond acceptors (Lipinski definition) is 4. The summed E-state index contributed by atoms with van der Waals surface area (Å²) in [4.78, 5) is 8.78. The molecule has 0 amide bonds. The Hall–Kier alpha value is -0.870. The lowest BCUT2D eigenvalue weighted by Gasteiger charge is -2.03. The van der Waals surface area contributed by atoms with Crippen molar-refractivity contribution in [2.75, 3.05) is 5.75 Å². The molecule has 5 N–H and O–H groups in total. The molecule has 0 saturated carbocycles. The van der Waals surface area contributed by atoms with Gasteiger partial charge >= 0.3 is 6.18 Å². The van der Waals surface area contributed by atoms with E-state index >= 15 is 0 Å². The zero-order chi connectivity index (χ0) is 11.3. The van der Waals surface area contributed by atoms with Gasteiger partial charge in [0.25, 0.3) is 10.1 Å². The third-order valence-corrected chi connectivity index (χ3v) is 1.33. The van der Waals surface area contributed by atoms with Crippen molar-refractivity contribution in [1.29, 1.82) is 0 Å². The quantitative estimate of drug-likeness (QED) is 0.601. The van der Waals surface area contributed by atoms with Crippen LogP contribution in [0, 0.1) is 0 Å². The van der Waals surface area contributed by atoms with Gasteiger partial charge in [0.2, 0.25) is 0 Å². The zero-order valence-electron chi connectivity index (χ0n) is 7.33. The fourth-order valence-electron chi connectivity index (χ4n) is 0. The number of carbonyl (C=O) groups is 1. The molecule has 0 aliphatic carbocycles. The van der Waals surface area contributed by atoms with Crippen molar-refractivity contribution in [3.8, 4) is 0 Å². The largest absolute Gasteiger partial charge is 0.542 e. The molecule has 0 spiro atoms. The third kappa shape index (κ3) is 17.3. The molecule has 0 atom stereocenters. The summed E-state index contributed by atoms with van der Waals surface area (Å²) in [6, 6.07) is 0. The molecular weight excluding hydrogens is 231 g/mol. The highest BCUT2D eigenvalue weighted by Gasteiger charge is 2.28. The van der Waals surface area contributed by atoms with Crippen LogP contribution >= 0.6 is 0 Å². The Morgan fingerprint density at radius 2 is 1.57 bits per heavy atom. The van der Waals surface area contributed by atoms with E-state index < -0.39 is 22.3 Å². The maximum atomic E-state index is 10.5. The van der Waals surface area contributed by atoms with Crippen LogP contribution in [0.15, 0.2) is 0 Å². The average Bonchev–Trinajstić information content (AvgIpc) is 1.85. The van der Waals surface area contributed by atoms with Crippen LogP contribution in [0.4, 0.5) is 13.2 Å². The lowest BCUT2D eigenvalue weighted by Crippen LogP contribution is -2.37. The molecule has 0 aromatic rings. The molecule has 0 aliphatic rings. The Labute approximate surface area is 78.1 Å². The van der Waals surface area contributed by atoms with Crippen LogP contribution in [-0.4, -0.2) is 30.9 Å². The van der Waals surface area contributed by atoms with Crippen molar-refractivity contribution in [3.63, 3.8) is 0 Å². The lowest BCUT2D eigenvalue weighted by atomic mass is 10.7. The van der Waals surface area contributed by atoms with Crippen LogP contribution in [0.5, 0.6) is 0 Å². The predicted octanol–water partition coefficient (Wildman–Crippen LogP) is -0.431. The fraction of sp³-hybridized carbons (Fsp3) is 0.750. The minimum Gasteiger partial charge on any atom is -0.542 e. The van der Waals surface area contributed by atoms with Gasteiger partial charge in [0.15, 0.2) is 0 Å². The normalized spacial score (nSPS) is 10.6. The molecule has 0 aromatic carbocycles. The van der Waals surface area contributed by atoms with Crippen molar-refractivity contribution in [3.05, 3.63) is 0 Å². The maximum absolute atomic E-state index is 10.5. The maximum Gasteiger partial charge on any atom is 0.430 e. The van der Waals surface area contributed by atoms with E-state index in [2.05, 4.69) is 0 Å². The number of aliphatic carboxylic acids is 1. The van der Waals surface area contributed by atoms with Gasteiger partial charge in [0, 0.05) is 0 Å². The Morgan fingerprint density at radius 1 is 1.43 bits per heavy atom. The first kappa shape index (κ1) is 18.8. The van der Waals surface area contributed by atoms with Crippen molar-refractivity contribution in [1.82, 2.24) is 6.15 Å². The SMILES string of the molecule is CCS(=O)(=O)O.O=C([O-])C(F)(F)F.[NH4+].